The predicted octanol–water partition coefficient (Wildman–Crippen LogP) is 1.71. The molecule has 9 heteroatoms. The van der Waals surface area contributed by atoms with Gasteiger partial charge in [0.2, 0.25) is 0 Å². The maximum Gasteiger partial charge on any atom is 0.350 e. The maximum absolute atomic E-state index is 12.3. The molecular weight excluding hydrogens is 336 g/mol. The number of guanidine groups is 1. The highest BCUT2D eigenvalue weighted by molar-refractivity contribution is 5.77. The number of anilines is 2. The molecule has 0 bridgehead atoms. The van der Waals surface area contributed by atoms with Crippen molar-refractivity contribution in [2.45, 2.75) is 26.3 Å². The van der Waals surface area contributed by atoms with Crippen LogP contribution in [0.15, 0.2) is 29.2 Å². The minimum atomic E-state index is -0.405. The predicted molar refractivity (Wildman–Crippen MR) is 98.7 cm³/mol. The first-order valence-electron chi connectivity index (χ1n) is 8.18. The van der Waals surface area contributed by atoms with Crippen LogP contribution in [0.5, 0.6) is 17.2 Å². The van der Waals surface area contributed by atoms with Gasteiger partial charge in [-0.1, -0.05) is 6.07 Å². The summed E-state index contributed by atoms with van der Waals surface area (Å²) in [6, 6.07) is 5.40. The van der Waals surface area contributed by atoms with Crippen molar-refractivity contribution < 1.29 is 9.47 Å². The van der Waals surface area contributed by atoms with Crippen LogP contribution in [-0.4, -0.2) is 28.7 Å². The van der Waals surface area contributed by atoms with Crippen LogP contribution < -0.4 is 31.5 Å². The normalized spacial score (nSPS) is 12.3. The van der Waals surface area contributed by atoms with Crippen molar-refractivity contribution in [3.8, 4) is 17.2 Å². The van der Waals surface area contributed by atoms with Crippen LogP contribution in [0.2, 0.25) is 0 Å². The highest BCUT2D eigenvalue weighted by Crippen LogP contribution is 2.45. The number of nitrogens with two attached hydrogens (primary N) is 1. The van der Waals surface area contributed by atoms with E-state index in [-0.39, 0.29) is 11.6 Å². The molecule has 1 aliphatic heterocycles. The standard InChI is InChI=1S/C17H22N6O3/c1-17(2,3)23-9-12-14(22-16(23)24)21-13-10(5-4-6-11(13)26-12)25-8-7-20-15(18)19/h4-6,9H,7-8H2,1-3H3,(H4,18,19,20)(H,21,22,24). The van der Waals surface area contributed by atoms with Gasteiger partial charge >= 0.3 is 5.69 Å². The Morgan fingerprint density at radius 2 is 2.19 bits per heavy atom. The van der Waals surface area contributed by atoms with Gasteiger partial charge in [-0.2, -0.15) is 4.98 Å². The molecule has 1 aromatic carbocycles. The molecule has 2 aromatic rings. The number of nitrogens with one attached hydrogen (secondary N) is 3. The van der Waals surface area contributed by atoms with Crippen molar-refractivity contribution in [1.82, 2.24) is 14.9 Å². The number of nitrogens with zero attached hydrogens (tertiary/aromatic N) is 2. The molecular formula is C17H22N6O3. The van der Waals surface area contributed by atoms with Crippen molar-refractivity contribution in [2.24, 2.45) is 5.73 Å². The average Bonchev–Trinajstić information content (AvgIpc) is 2.55. The van der Waals surface area contributed by atoms with Gasteiger partial charge in [0.05, 0.1) is 12.7 Å². The number of fused-ring (bicyclic) bond motifs is 2. The van der Waals surface area contributed by atoms with Crippen LogP contribution in [-0.2, 0) is 5.54 Å². The molecule has 0 amide bonds. The van der Waals surface area contributed by atoms with Crippen molar-refractivity contribution in [3.05, 3.63) is 34.9 Å². The minimum Gasteiger partial charge on any atom is -0.489 e. The molecule has 26 heavy (non-hydrogen) atoms. The number of ether oxygens (including phenoxy) is 2. The molecule has 1 aliphatic rings. The molecule has 0 saturated carbocycles. The summed E-state index contributed by atoms with van der Waals surface area (Å²) >= 11 is 0. The van der Waals surface area contributed by atoms with Crippen LogP contribution in [0, 0.1) is 5.41 Å². The van der Waals surface area contributed by atoms with Crippen LogP contribution in [0.1, 0.15) is 20.8 Å². The van der Waals surface area contributed by atoms with Crippen LogP contribution in [0.25, 0.3) is 0 Å². The molecule has 5 N–H and O–H groups in total. The second kappa shape index (κ2) is 6.58. The molecule has 138 valence electrons. The van der Waals surface area contributed by atoms with Gasteiger partial charge in [0, 0.05) is 5.54 Å². The van der Waals surface area contributed by atoms with E-state index in [1.807, 2.05) is 26.8 Å². The summed E-state index contributed by atoms with van der Waals surface area (Å²) in [5.74, 6) is 1.84. The fourth-order valence-electron chi connectivity index (χ4n) is 2.51. The van der Waals surface area contributed by atoms with Crippen LogP contribution in [0.3, 0.4) is 0 Å². The Bertz CT molecular complexity index is 900. The van der Waals surface area contributed by atoms with Crippen molar-refractivity contribution in [2.75, 3.05) is 18.5 Å². The van der Waals surface area contributed by atoms with Crippen LogP contribution in [0.4, 0.5) is 11.5 Å². The lowest BCUT2D eigenvalue weighted by Gasteiger charge is -2.26. The van der Waals surface area contributed by atoms with Crippen molar-refractivity contribution >= 4 is 17.5 Å². The third-order valence-corrected chi connectivity index (χ3v) is 3.74. The summed E-state index contributed by atoms with van der Waals surface area (Å²) in [6.45, 7) is 6.48. The number of hydrogen-bond donors (Lipinski definition) is 4. The van der Waals surface area contributed by atoms with Crippen molar-refractivity contribution in [1.29, 1.82) is 5.41 Å². The van der Waals surface area contributed by atoms with E-state index in [0.717, 1.165) is 0 Å². The summed E-state index contributed by atoms with van der Waals surface area (Å²) in [5, 5.41) is 12.9. The Morgan fingerprint density at radius 3 is 2.88 bits per heavy atom. The van der Waals surface area contributed by atoms with E-state index in [1.54, 1.807) is 18.3 Å². The molecule has 0 unspecified atom stereocenters. The smallest absolute Gasteiger partial charge is 0.350 e. The molecule has 9 nitrogen and oxygen atoms in total. The molecule has 0 spiro atoms. The van der Waals surface area contributed by atoms with Crippen LogP contribution >= 0.6 is 0 Å². The summed E-state index contributed by atoms with van der Waals surface area (Å²) in [6.07, 6.45) is 1.66. The lowest BCUT2D eigenvalue weighted by Crippen LogP contribution is -2.35. The number of aromatic nitrogens is 2. The Kier molecular flexibility index (Phi) is 4.45. The van der Waals surface area contributed by atoms with E-state index in [2.05, 4.69) is 15.6 Å². The molecule has 1 aromatic heterocycles. The third kappa shape index (κ3) is 3.56. The largest absolute Gasteiger partial charge is 0.489 e. The maximum atomic E-state index is 12.3. The first-order chi connectivity index (χ1) is 12.3. The van der Waals surface area contributed by atoms with E-state index < -0.39 is 5.54 Å². The van der Waals surface area contributed by atoms with E-state index >= 15 is 0 Å². The molecule has 0 atom stereocenters. The van der Waals surface area contributed by atoms with Gasteiger partial charge in [-0.3, -0.25) is 9.98 Å². The zero-order chi connectivity index (χ0) is 18.9. The average molecular weight is 358 g/mol. The molecule has 3 rings (SSSR count). The Hall–Kier alpha value is -3.23. The summed E-state index contributed by atoms with van der Waals surface area (Å²) in [7, 11) is 0. The van der Waals surface area contributed by atoms with E-state index in [4.69, 9.17) is 20.6 Å². The second-order valence-electron chi connectivity index (χ2n) is 6.82. The lowest BCUT2D eigenvalue weighted by molar-refractivity contribution is 0.321. The van der Waals surface area contributed by atoms with Gasteiger partial charge in [-0.25, -0.2) is 4.79 Å². The zero-order valence-electron chi connectivity index (χ0n) is 14.9. The van der Waals surface area contributed by atoms with E-state index in [1.165, 1.54) is 4.57 Å². The Balaban J connectivity index is 1.85. The monoisotopic (exact) mass is 358 g/mol. The van der Waals surface area contributed by atoms with Gasteiger partial charge in [-0.05, 0) is 32.9 Å². The number of benzene rings is 1. The Labute approximate surface area is 150 Å². The van der Waals surface area contributed by atoms with Crippen molar-refractivity contribution in [3.63, 3.8) is 0 Å². The fourth-order valence-corrected chi connectivity index (χ4v) is 2.51. The number of rotatable bonds is 4. The SMILES string of the molecule is CC(C)(C)n1cc2c(nc1=O)Nc1c(OCCNC(=N)N)cccc1O2. The topological polar surface area (TPSA) is 127 Å². The molecule has 0 fully saturated rings. The van der Waals surface area contributed by atoms with Gasteiger partial charge in [0.1, 0.15) is 18.0 Å². The first kappa shape index (κ1) is 17.6. The van der Waals surface area contributed by atoms with E-state index in [0.29, 0.717) is 41.9 Å². The molecule has 2 heterocycles. The Morgan fingerprint density at radius 1 is 1.42 bits per heavy atom. The lowest BCUT2D eigenvalue weighted by atomic mass is 10.1. The van der Waals surface area contributed by atoms with Gasteiger partial charge < -0.3 is 25.8 Å². The fraction of sp³-hybridized carbons (Fsp3) is 0.353. The quantitative estimate of drug-likeness (QED) is 0.317. The molecule has 0 saturated heterocycles. The van der Waals surface area contributed by atoms with Gasteiger partial charge in [0.25, 0.3) is 0 Å². The third-order valence-electron chi connectivity index (χ3n) is 3.74. The second-order valence-corrected chi connectivity index (χ2v) is 6.82. The molecule has 0 radical (unpaired) electrons. The van der Waals surface area contributed by atoms with Gasteiger partial charge in [0.15, 0.2) is 23.3 Å². The zero-order valence-corrected chi connectivity index (χ0v) is 14.9. The highest BCUT2D eigenvalue weighted by atomic mass is 16.5. The summed E-state index contributed by atoms with van der Waals surface area (Å²) in [4.78, 5) is 16.4. The number of hydrogen-bond acceptors (Lipinski definition) is 6. The minimum absolute atomic E-state index is 0.113. The first-order valence-corrected chi connectivity index (χ1v) is 8.18. The van der Waals surface area contributed by atoms with Gasteiger partial charge in [-0.15, -0.1) is 0 Å². The molecule has 0 aliphatic carbocycles. The highest BCUT2D eigenvalue weighted by Gasteiger charge is 2.25. The number of para-hydroxylation sites is 1. The summed E-state index contributed by atoms with van der Waals surface area (Å²) in [5.41, 5.74) is 5.07. The summed E-state index contributed by atoms with van der Waals surface area (Å²) < 4.78 is 13.2. The van der Waals surface area contributed by atoms with E-state index in [9.17, 15) is 4.79 Å².